The fourth-order valence-corrected chi connectivity index (χ4v) is 3.21. The highest BCUT2D eigenvalue weighted by molar-refractivity contribution is 5.95. The van der Waals surface area contributed by atoms with Crippen LogP contribution in [0.3, 0.4) is 0 Å². The van der Waals surface area contributed by atoms with Gasteiger partial charge in [-0.25, -0.2) is 0 Å². The number of rotatable bonds is 7. The van der Waals surface area contributed by atoms with Crippen molar-refractivity contribution in [2.75, 3.05) is 26.4 Å². The van der Waals surface area contributed by atoms with E-state index in [0.29, 0.717) is 31.4 Å². The molecule has 0 saturated carbocycles. The number of aromatic nitrogens is 2. The summed E-state index contributed by atoms with van der Waals surface area (Å²) in [6.45, 7) is 8.03. The molecule has 1 fully saturated rings. The van der Waals surface area contributed by atoms with Crippen molar-refractivity contribution in [1.29, 1.82) is 0 Å². The van der Waals surface area contributed by atoms with Gasteiger partial charge in [0.05, 0.1) is 24.4 Å². The van der Waals surface area contributed by atoms with E-state index >= 15 is 0 Å². The normalized spacial score (nSPS) is 17.4. The van der Waals surface area contributed by atoms with E-state index in [1.54, 1.807) is 6.20 Å². The van der Waals surface area contributed by atoms with E-state index in [0.717, 1.165) is 31.4 Å². The lowest BCUT2D eigenvalue weighted by atomic mass is 9.81. The minimum Gasteiger partial charge on any atom is -0.396 e. The summed E-state index contributed by atoms with van der Waals surface area (Å²) in [5.74, 6) is -0.112. The number of ether oxygens (including phenoxy) is 1. The Balaban J connectivity index is 2.03. The predicted octanol–water partition coefficient (Wildman–Crippen LogP) is 2.07. The van der Waals surface area contributed by atoms with Crippen molar-refractivity contribution >= 4 is 5.91 Å². The molecule has 1 amide bonds. The van der Waals surface area contributed by atoms with E-state index in [-0.39, 0.29) is 17.9 Å². The summed E-state index contributed by atoms with van der Waals surface area (Å²) in [7, 11) is 0. The van der Waals surface area contributed by atoms with E-state index in [1.165, 1.54) is 0 Å². The minimum atomic E-state index is -0.257. The molecule has 2 rings (SSSR count). The third-order valence-electron chi connectivity index (χ3n) is 5.09. The molecule has 2 N–H and O–H groups in total. The second-order valence-electron chi connectivity index (χ2n) is 6.51. The minimum absolute atomic E-state index is 0.0721. The Morgan fingerprint density at radius 2 is 2.09 bits per heavy atom. The molecule has 1 saturated heterocycles. The number of carbonyl (C=O) groups excluding carboxylic acids is 1. The zero-order chi connectivity index (χ0) is 16.9. The molecule has 2 heterocycles. The monoisotopic (exact) mass is 323 g/mol. The maximum atomic E-state index is 12.5. The zero-order valence-electron chi connectivity index (χ0n) is 14.5. The van der Waals surface area contributed by atoms with Crippen LogP contribution in [-0.2, 0) is 4.74 Å². The lowest BCUT2D eigenvalue weighted by molar-refractivity contribution is -0.0146. The number of hydrogen-bond acceptors (Lipinski definition) is 4. The van der Waals surface area contributed by atoms with Crippen molar-refractivity contribution in [1.82, 2.24) is 15.1 Å². The molecular weight excluding hydrogens is 294 g/mol. The van der Waals surface area contributed by atoms with Gasteiger partial charge in [0.15, 0.2) is 0 Å². The number of hydrogen-bond donors (Lipinski definition) is 2. The third-order valence-corrected chi connectivity index (χ3v) is 5.09. The van der Waals surface area contributed by atoms with Gasteiger partial charge < -0.3 is 15.2 Å². The Labute approximate surface area is 138 Å². The highest BCUT2D eigenvalue weighted by atomic mass is 16.5. The van der Waals surface area contributed by atoms with Crippen LogP contribution >= 0.6 is 0 Å². The summed E-state index contributed by atoms with van der Waals surface area (Å²) >= 11 is 0. The summed E-state index contributed by atoms with van der Waals surface area (Å²) in [6.07, 6.45) is 5.19. The molecular formula is C17H29N3O3. The Morgan fingerprint density at radius 3 is 2.65 bits per heavy atom. The van der Waals surface area contributed by atoms with E-state index in [2.05, 4.69) is 24.3 Å². The second kappa shape index (κ2) is 7.93. The van der Waals surface area contributed by atoms with Crippen molar-refractivity contribution in [2.24, 2.45) is 5.41 Å². The molecule has 0 aliphatic carbocycles. The molecule has 23 heavy (non-hydrogen) atoms. The Kier molecular flexibility index (Phi) is 6.18. The van der Waals surface area contributed by atoms with Gasteiger partial charge in [-0.05, 0) is 32.6 Å². The van der Waals surface area contributed by atoms with Gasteiger partial charge in [0.25, 0.3) is 5.91 Å². The van der Waals surface area contributed by atoms with Crippen molar-refractivity contribution in [2.45, 2.75) is 52.5 Å². The second-order valence-corrected chi connectivity index (χ2v) is 6.51. The topological polar surface area (TPSA) is 76.4 Å². The fraction of sp³-hybridized carbons (Fsp3) is 0.765. The lowest BCUT2D eigenvalue weighted by Crippen LogP contribution is -2.43. The zero-order valence-corrected chi connectivity index (χ0v) is 14.5. The molecule has 0 aromatic carbocycles. The highest BCUT2D eigenvalue weighted by Gasteiger charge is 2.32. The number of aliphatic hydroxyl groups is 1. The standard InChI is InChI=1S/C17H29N3O3/c1-4-14(5-2)20-13(3)15(10-19-20)16(22)18-11-17(12-21)6-8-23-9-7-17/h10,14,21H,4-9,11-12H2,1-3H3,(H,18,22). The van der Waals surface area contributed by atoms with Crippen LogP contribution in [0.4, 0.5) is 0 Å². The predicted molar refractivity (Wildman–Crippen MR) is 88.5 cm³/mol. The molecule has 6 heteroatoms. The number of nitrogens with zero attached hydrogens (tertiary/aromatic N) is 2. The van der Waals surface area contributed by atoms with E-state index < -0.39 is 0 Å². The first kappa shape index (κ1) is 17.9. The SMILES string of the molecule is CCC(CC)n1ncc(C(=O)NCC2(CO)CCOCC2)c1C. The van der Waals surface area contributed by atoms with Gasteiger partial charge in [-0.15, -0.1) is 0 Å². The first-order valence-corrected chi connectivity index (χ1v) is 8.57. The molecule has 1 aromatic heterocycles. The number of carbonyl (C=O) groups is 1. The van der Waals surface area contributed by atoms with Gasteiger partial charge in [-0.1, -0.05) is 13.8 Å². The summed E-state index contributed by atoms with van der Waals surface area (Å²) in [4.78, 5) is 12.5. The summed E-state index contributed by atoms with van der Waals surface area (Å²) in [5.41, 5.74) is 1.27. The average Bonchev–Trinajstić information content (AvgIpc) is 2.96. The van der Waals surface area contributed by atoms with Crippen molar-refractivity contribution < 1.29 is 14.6 Å². The quantitative estimate of drug-likeness (QED) is 0.805. The van der Waals surface area contributed by atoms with Crippen LogP contribution in [0.2, 0.25) is 0 Å². The molecule has 1 aromatic rings. The van der Waals surface area contributed by atoms with Gasteiger partial charge in [0, 0.05) is 30.9 Å². The third kappa shape index (κ3) is 3.93. The lowest BCUT2D eigenvalue weighted by Gasteiger charge is -2.35. The van der Waals surface area contributed by atoms with Gasteiger partial charge in [0.2, 0.25) is 0 Å². The van der Waals surface area contributed by atoms with Crippen LogP contribution in [0, 0.1) is 12.3 Å². The summed E-state index contributed by atoms with van der Waals surface area (Å²) in [5, 5.41) is 17.1. The highest BCUT2D eigenvalue weighted by Crippen LogP contribution is 2.29. The van der Waals surface area contributed by atoms with Crippen LogP contribution in [-0.4, -0.2) is 47.2 Å². The number of amides is 1. The molecule has 0 unspecified atom stereocenters. The smallest absolute Gasteiger partial charge is 0.254 e. The van der Waals surface area contributed by atoms with Crippen LogP contribution in [0.5, 0.6) is 0 Å². The average molecular weight is 323 g/mol. The molecule has 0 atom stereocenters. The van der Waals surface area contributed by atoms with Crippen molar-refractivity contribution in [3.8, 4) is 0 Å². The molecule has 0 spiro atoms. The Morgan fingerprint density at radius 1 is 1.43 bits per heavy atom. The van der Waals surface area contributed by atoms with E-state index in [1.807, 2.05) is 11.6 Å². The Bertz CT molecular complexity index is 517. The maximum absolute atomic E-state index is 12.5. The molecule has 130 valence electrons. The Hall–Kier alpha value is -1.40. The van der Waals surface area contributed by atoms with Crippen LogP contribution in [0.15, 0.2) is 6.20 Å². The molecule has 0 bridgehead atoms. The first-order valence-electron chi connectivity index (χ1n) is 8.57. The van der Waals surface area contributed by atoms with Crippen LogP contribution in [0.1, 0.15) is 61.6 Å². The fourth-order valence-electron chi connectivity index (χ4n) is 3.21. The molecule has 1 aliphatic rings. The molecule has 1 aliphatic heterocycles. The van der Waals surface area contributed by atoms with Crippen molar-refractivity contribution in [3.05, 3.63) is 17.5 Å². The van der Waals surface area contributed by atoms with Crippen LogP contribution < -0.4 is 5.32 Å². The summed E-state index contributed by atoms with van der Waals surface area (Å²) in [6, 6.07) is 0.329. The molecule has 6 nitrogen and oxygen atoms in total. The first-order chi connectivity index (χ1) is 11.1. The van der Waals surface area contributed by atoms with E-state index in [4.69, 9.17) is 4.74 Å². The largest absolute Gasteiger partial charge is 0.396 e. The van der Waals surface area contributed by atoms with Gasteiger partial charge in [-0.3, -0.25) is 9.48 Å². The van der Waals surface area contributed by atoms with Crippen LogP contribution in [0.25, 0.3) is 0 Å². The van der Waals surface area contributed by atoms with Crippen molar-refractivity contribution in [3.63, 3.8) is 0 Å². The number of aliphatic hydroxyl groups excluding tert-OH is 1. The molecule has 0 radical (unpaired) electrons. The maximum Gasteiger partial charge on any atom is 0.254 e. The van der Waals surface area contributed by atoms with Gasteiger partial charge in [-0.2, -0.15) is 5.10 Å². The number of nitrogens with one attached hydrogen (secondary N) is 1. The van der Waals surface area contributed by atoms with Gasteiger partial charge >= 0.3 is 0 Å². The summed E-state index contributed by atoms with van der Waals surface area (Å²) < 4.78 is 7.30. The van der Waals surface area contributed by atoms with Gasteiger partial charge in [0.1, 0.15) is 0 Å². The van der Waals surface area contributed by atoms with E-state index in [9.17, 15) is 9.90 Å².